The van der Waals surface area contributed by atoms with E-state index in [0.717, 1.165) is 46.4 Å². The summed E-state index contributed by atoms with van der Waals surface area (Å²) in [5.41, 5.74) is 6.02. The van der Waals surface area contributed by atoms with Gasteiger partial charge < -0.3 is 24.3 Å². The summed E-state index contributed by atoms with van der Waals surface area (Å²) in [4.78, 5) is 22.5. The van der Waals surface area contributed by atoms with Crippen LogP contribution in [0.5, 0.6) is 11.5 Å². The average molecular weight is 556 g/mol. The molecule has 4 rings (SSSR count). The van der Waals surface area contributed by atoms with Gasteiger partial charge in [0, 0.05) is 30.1 Å². The smallest absolute Gasteiger partial charge is 0.307 e. The molecule has 0 atom stereocenters. The van der Waals surface area contributed by atoms with E-state index in [1.54, 1.807) is 0 Å². The van der Waals surface area contributed by atoms with Gasteiger partial charge in [0.25, 0.3) is 0 Å². The number of aromatic nitrogens is 1. The first-order valence-corrected chi connectivity index (χ1v) is 14.0. The highest BCUT2D eigenvalue weighted by Gasteiger charge is 2.14. The van der Waals surface area contributed by atoms with Gasteiger partial charge in [-0.05, 0) is 91.3 Å². The van der Waals surface area contributed by atoms with Crippen molar-refractivity contribution in [3.8, 4) is 11.5 Å². The first-order chi connectivity index (χ1) is 19.8. The number of hydrogen-bond donors (Lipinski definition) is 2. The maximum absolute atomic E-state index is 11.5. The summed E-state index contributed by atoms with van der Waals surface area (Å²) >= 11 is 0. The van der Waals surface area contributed by atoms with Gasteiger partial charge in [-0.15, -0.1) is 0 Å². The SMILES string of the molecule is Cc1ccc(OCCCCOc2ccc(/C=C/c3cccc4c3c(CC(=O)O)cn4CCCC(=O)O)cc2)cc1C. The summed E-state index contributed by atoms with van der Waals surface area (Å²) in [5.74, 6) is -0.0366. The molecule has 0 radical (unpaired) electrons. The molecule has 0 saturated carbocycles. The van der Waals surface area contributed by atoms with Crippen molar-refractivity contribution < 1.29 is 29.3 Å². The highest BCUT2D eigenvalue weighted by atomic mass is 16.5. The first-order valence-electron chi connectivity index (χ1n) is 14.0. The molecule has 0 bridgehead atoms. The Hall–Kier alpha value is -4.52. The maximum atomic E-state index is 11.5. The third kappa shape index (κ3) is 8.48. The van der Waals surface area contributed by atoms with Gasteiger partial charge in [-0.3, -0.25) is 9.59 Å². The molecular formula is C34H37NO6. The van der Waals surface area contributed by atoms with Crippen LogP contribution in [0.1, 0.15) is 53.5 Å². The summed E-state index contributed by atoms with van der Waals surface area (Å²) in [5, 5.41) is 19.3. The molecule has 0 saturated heterocycles. The van der Waals surface area contributed by atoms with Crippen molar-refractivity contribution in [2.75, 3.05) is 13.2 Å². The number of fused-ring (bicyclic) bond motifs is 1. The lowest BCUT2D eigenvalue weighted by molar-refractivity contribution is -0.137. The van der Waals surface area contributed by atoms with Crippen molar-refractivity contribution in [2.24, 2.45) is 0 Å². The van der Waals surface area contributed by atoms with Crippen molar-refractivity contribution >= 4 is 35.0 Å². The Balaban J connectivity index is 1.33. The van der Waals surface area contributed by atoms with Gasteiger partial charge in [0.15, 0.2) is 0 Å². The number of benzene rings is 3. The Morgan fingerprint density at radius 1 is 0.805 bits per heavy atom. The molecule has 1 aromatic heterocycles. The van der Waals surface area contributed by atoms with Crippen LogP contribution in [0.2, 0.25) is 0 Å². The Morgan fingerprint density at radius 3 is 2.20 bits per heavy atom. The third-order valence-electron chi connectivity index (χ3n) is 7.04. The second-order valence-corrected chi connectivity index (χ2v) is 10.2. The van der Waals surface area contributed by atoms with Gasteiger partial charge in [0.05, 0.1) is 19.6 Å². The molecule has 4 aromatic rings. The molecule has 0 spiro atoms. The van der Waals surface area contributed by atoms with Crippen molar-refractivity contribution in [2.45, 2.75) is 52.5 Å². The summed E-state index contributed by atoms with van der Waals surface area (Å²) in [6, 6.07) is 19.9. The molecule has 0 unspecified atom stereocenters. The van der Waals surface area contributed by atoms with E-state index in [2.05, 4.69) is 26.0 Å². The summed E-state index contributed by atoms with van der Waals surface area (Å²) in [7, 11) is 0. The van der Waals surface area contributed by atoms with Crippen LogP contribution in [0.25, 0.3) is 23.1 Å². The number of unbranched alkanes of at least 4 members (excludes halogenated alkanes) is 1. The molecule has 7 heteroatoms. The quantitative estimate of drug-likeness (QED) is 0.119. The van der Waals surface area contributed by atoms with Crippen molar-refractivity contribution in [3.05, 3.63) is 94.7 Å². The number of ether oxygens (including phenoxy) is 2. The second kappa shape index (κ2) is 14.2. The molecular weight excluding hydrogens is 518 g/mol. The molecule has 7 nitrogen and oxygen atoms in total. The summed E-state index contributed by atoms with van der Waals surface area (Å²) in [6.07, 6.45) is 8.05. The van der Waals surface area contributed by atoms with E-state index in [4.69, 9.17) is 14.6 Å². The highest BCUT2D eigenvalue weighted by molar-refractivity contribution is 5.96. The number of aliphatic carboxylic acids is 2. The van der Waals surface area contributed by atoms with Crippen LogP contribution in [-0.4, -0.2) is 39.9 Å². The number of rotatable bonds is 15. The van der Waals surface area contributed by atoms with E-state index < -0.39 is 11.9 Å². The van der Waals surface area contributed by atoms with Gasteiger partial charge >= 0.3 is 11.9 Å². The van der Waals surface area contributed by atoms with E-state index in [-0.39, 0.29) is 12.8 Å². The van der Waals surface area contributed by atoms with Crippen molar-refractivity contribution in [3.63, 3.8) is 0 Å². The van der Waals surface area contributed by atoms with Crippen LogP contribution in [0.3, 0.4) is 0 Å². The number of nitrogens with zero attached hydrogens (tertiary/aromatic N) is 1. The minimum Gasteiger partial charge on any atom is -0.494 e. The number of aryl methyl sites for hydroxylation is 3. The molecule has 0 fully saturated rings. The van der Waals surface area contributed by atoms with Crippen molar-refractivity contribution in [1.82, 2.24) is 4.57 Å². The fourth-order valence-electron chi connectivity index (χ4n) is 4.74. The minimum atomic E-state index is -0.905. The van der Waals surface area contributed by atoms with E-state index in [1.165, 1.54) is 11.1 Å². The third-order valence-corrected chi connectivity index (χ3v) is 7.04. The van der Waals surface area contributed by atoms with Gasteiger partial charge in [-0.25, -0.2) is 0 Å². The van der Waals surface area contributed by atoms with Crippen LogP contribution in [0.15, 0.2) is 66.9 Å². The zero-order valence-corrected chi connectivity index (χ0v) is 23.6. The van der Waals surface area contributed by atoms with E-state index in [1.807, 2.05) is 71.4 Å². The van der Waals surface area contributed by atoms with Gasteiger partial charge in [0.1, 0.15) is 11.5 Å². The van der Waals surface area contributed by atoms with Crippen LogP contribution in [-0.2, 0) is 22.6 Å². The first kappa shape index (κ1) is 29.5. The monoisotopic (exact) mass is 555 g/mol. The number of hydrogen-bond acceptors (Lipinski definition) is 4. The summed E-state index contributed by atoms with van der Waals surface area (Å²) < 4.78 is 13.7. The molecule has 0 aliphatic heterocycles. The topological polar surface area (TPSA) is 98.0 Å². The van der Waals surface area contributed by atoms with Crippen LogP contribution >= 0.6 is 0 Å². The van der Waals surface area contributed by atoms with Crippen LogP contribution in [0.4, 0.5) is 0 Å². The zero-order chi connectivity index (χ0) is 29.2. The molecule has 41 heavy (non-hydrogen) atoms. The van der Waals surface area contributed by atoms with Crippen LogP contribution < -0.4 is 9.47 Å². The number of carbonyl (C=O) groups is 2. The Kier molecular flexibility index (Phi) is 10.2. The lowest BCUT2D eigenvalue weighted by Crippen LogP contribution is -2.02. The molecule has 3 aromatic carbocycles. The number of carboxylic acids is 2. The summed E-state index contributed by atoms with van der Waals surface area (Å²) in [6.45, 7) is 5.96. The Bertz CT molecular complexity index is 1520. The normalized spacial score (nSPS) is 11.3. The number of carboxylic acid groups (broad SMARTS) is 2. The van der Waals surface area contributed by atoms with E-state index in [9.17, 15) is 14.7 Å². The lowest BCUT2D eigenvalue weighted by Gasteiger charge is -2.09. The van der Waals surface area contributed by atoms with E-state index >= 15 is 0 Å². The predicted molar refractivity (Wildman–Crippen MR) is 162 cm³/mol. The average Bonchev–Trinajstić information content (AvgIpc) is 3.29. The predicted octanol–water partition coefficient (Wildman–Crippen LogP) is 7.16. The zero-order valence-electron chi connectivity index (χ0n) is 23.6. The largest absolute Gasteiger partial charge is 0.494 e. The van der Waals surface area contributed by atoms with Gasteiger partial charge in [0.2, 0.25) is 0 Å². The maximum Gasteiger partial charge on any atom is 0.307 e. The van der Waals surface area contributed by atoms with E-state index in [0.29, 0.717) is 31.7 Å². The molecule has 214 valence electrons. The lowest BCUT2D eigenvalue weighted by atomic mass is 10.0. The molecule has 0 aliphatic rings. The molecule has 2 N–H and O–H groups in total. The molecule has 0 aliphatic carbocycles. The highest BCUT2D eigenvalue weighted by Crippen LogP contribution is 2.28. The van der Waals surface area contributed by atoms with Crippen molar-refractivity contribution in [1.29, 1.82) is 0 Å². The Morgan fingerprint density at radius 2 is 1.51 bits per heavy atom. The Labute approximate surface area is 240 Å². The van der Waals surface area contributed by atoms with Gasteiger partial charge in [-0.2, -0.15) is 0 Å². The fourth-order valence-corrected chi connectivity index (χ4v) is 4.74. The standard InChI is InChI=1S/C34H37NO6/c1-24-10-15-30(21-25(24)2)41-20-4-3-19-40-29-16-12-26(13-17-29)11-14-27-7-5-8-31-34(27)28(22-33(38)39)23-35(31)18-6-9-32(36)37/h5,7-8,10-17,21,23H,3-4,6,9,18-20,22H2,1-2H3,(H,36,37)(H,38,39)/b14-11+. The second-order valence-electron chi connectivity index (χ2n) is 10.2. The molecule has 0 amide bonds. The fraction of sp³-hybridized carbons (Fsp3) is 0.294. The molecule has 1 heterocycles. The van der Waals surface area contributed by atoms with Gasteiger partial charge in [-0.1, -0.05) is 42.5 Å². The van der Waals surface area contributed by atoms with Crippen LogP contribution in [0, 0.1) is 13.8 Å². The minimum absolute atomic E-state index is 0.0649.